The standard InChI is InChI=1S/C13H20N4O2/c1-9(7-12(14)18)16-8-11(13(15)17-19)10-5-3-2-4-6-10/h2-6,9,11,16,19H,7-8H2,1H3,(H2,14,18)(H2,15,17). The number of hydrogen-bond donors (Lipinski definition) is 4. The zero-order chi connectivity index (χ0) is 14.3. The van der Waals surface area contributed by atoms with E-state index in [9.17, 15) is 4.79 Å². The molecule has 0 aromatic heterocycles. The number of oxime groups is 1. The van der Waals surface area contributed by atoms with Gasteiger partial charge in [0.2, 0.25) is 5.91 Å². The number of nitrogens with zero attached hydrogens (tertiary/aromatic N) is 1. The molecule has 1 aromatic carbocycles. The summed E-state index contributed by atoms with van der Waals surface area (Å²) in [4.78, 5) is 10.8. The van der Waals surface area contributed by atoms with Crippen molar-refractivity contribution >= 4 is 11.7 Å². The van der Waals surface area contributed by atoms with Crippen molar-refractivity contribution in [2.45, 2.75) is 25.3 Å². The predicted molar refractivity (Wildman–Crippen MR) is 73.9 cm³/mol. The van der Waals surface area contributed by atoms with Crippen molar-refractivity contribution in [2.75, 3.05) is 6.54 Å². The van der Waals surface area contributed by atoms with Crippen molar-refractivity contribution in [3.8, 4) is 0 Å². The predicted octanol–water partition coefficient (Wildman–Crippen LogP) is 0.370. The lowest BCUT2D eigenvalue weighted by Gasteiger charge is -2.19. The molecule has 0 radical (unpaired) electrons. The number of carbonyl (C=O) groups is 1. The van der Waals surface area contributed by atoms with Crippen molar-refractivity contribution in [3.05, 3.63) is 35.9 Å². The summed E-state index contributed by atoms with van der Waals surface area (Å²) >= 11 is 0. The summed E-state index contributed by atoms with van der Waals surface area (Å²) in [6.07, 6.45) is 0.248. The summed E-state index contributed by atoms with van der Waals surface area (Å²) in [5.74, 6) is -0.480. The fraction of sp³-hybridized carbons (Fsp3) is 0.385. The highest BCUT2D eigenvalue weighted by atomic mass is 16.4. The van der Waals surface area contributed by atoms with Crippen LogP contribution in [-0.4, -0.2) is 29.5 Å². The molecule has 0 saturated heterocycles. The van der Waals surface area contributed by atoms with Crippen LogP contribution >= 0.6 is 0 Å². The van der Waals surface area contributed by atoms with Gasteiger partial charge in [-0.2, -0.15) is 0 Å². The molecular formula is C13H20N4O2. The van der Waals surface area contributed by atoms with E-state index in [0.29, 0.717) is 6.54 Å². The number of amidine groups is 1. The second kappa shape index (κ2) is 7.38. The quantitative estimate of drug-likeness (QED) is 0.246. The van der Waals surface area contributed by atoms with Gasteiger partial charge in [0.15, 0.2) is 0 Å². The smallest absolute Gasteiger partial charge is 0.218 e. The Bertz CT molecular complexity index is 434. The lowest BCUT2D eigenvalue weighted by atomic mass is 9.97. The van der Waals surface area contributed by atoms with Gasteiger partial charge < -0.3 is 22.0 Å². The molecule has 0 heterocycles. The SMILES string of the molecule is CC(CC(N)=O)NCC(/C(N)=N/O)c1ccccc1. The van der Waals surface area contributed by atoms with E-state index in [0.717, 1.165) is 5.56 Å². The van der Waals surface area contributed by atoms with Gasteiger partial charge in [0.25, 0.3) is 0 Å². The van der Waals surface area contributed by atoms with Crippen molar-refractivity contribution < 1.29 is 10.0 Å². The number of hydrogen-bond acceptors (Lipinski definition) is 4. The molecule has 0 aliphatic heterocycles. The van der Waals surface area contributed by atoms with Gasteiger partial charge in [0.05, 0.1) is 5.92 Å². The van der Waals surface area contributed by atoms with Crippen LogP contribution in [0.1, 0.15) is 24.8 Å². The van der Waals surface area contributed by atoms with E-state index in [1.807, 2.05) is 37.3 Å². The Hall–Kier alpha value is -2.08. The Balaban J connectivity index is 2.70. The molecule has 0 saturated carbocycles. The first-order valence-corrected chi connectivity index (χ1v) is 6.08. The number of amides is 1. The van der Waals surface area contributed by atoms with Gasteiger partial charge in [-0.15, -0.1) is 0 Å². The van der Waals surface area contributed by atoms with Crippen LogP contribution in [0.3, 0.4) is 0 Å². The Labute approximate surface area is 112 Å². The van der Waals surface area contributed by atoms with Gasteiger partial charge >= 0.3 is 0 Å². The molecular weight excluding hydrogens is 244 g/mol. The van der Waals surface area contributed by atoms with Crippen molar-refractivity contribution in [1.29, 1.82) is 0 Å². The molecule has 2 unspecified atom stereocenters. The average molecular weight is 264 g/mol. The maximum atomic E-state index is 10.8. The lowest BCUT2D eigenvalue weighted by Crippen LogP contribution is -2.37. The van der Waals surface area contributed by atoms with Gasteiger partial charge in [-0.3, -0.25) is 4.79 Å². The van der Waals surface area contributed by atoms with E-state index < -0.39 is 0 Å². The molecule has 1 amide bonds. The molecule has 6 nitrogen and oxygen atoms in total. The Morgan fingerprint density at radius 2 is 2.00 bits per heavy atom. The molecule has 0 bridgehead atoms. The summed E-state index contributed by atoms with van der Waals surface area (Å²) < 4.78 is 0. The van der Waals surface area contributed by atoms with Crippen LogP contribution in [0.5, 0.6) is 0 Å². The molecule has 0 fully saturated rings. The van der Waals surface area contributed by atoms with Gasteiger partial charge in [-0.25, -0.2) is 0 Å². The third-order valence-electron chi connectivity index (χ3n) is 2.85. The van der Waals surface area contributed by atoms with Gasteiger partial charge in [0, 0.05) is 19.0 Å². The first-order valence-electron chi connectivity index (χ1n) is 6.08. The van der Waals surface area contributed by atoms with E-state index in [-0.39, 0.29) is 30.1 Å². The van der Waals surface area contributed by atoms with Gasteiger partial charge in [-0.05, 0) is 12.5 Å². The number of carbonyl (C=O) groups excluding carboxylic acids is 1. The van der Waals surface area contributed by atoms with Crippen molar-refractivity contribution in [3.63, 3.8) is 0 Å². The second-order valence-electron chi connectivity index (χ2n) is 4.47. The third-order valence-corrected chi connectivity index (χ3v) is 2.85. The number of benzene rings is 1. The summed E-state index contributed by atoms with van der Waals surface area (Å²) in [7, 11) is 0. The fourth-order valence-electron chi connectivity index (χ4n) is 1.84. The number of primary amides is 1. The zero-order valence-corrected chi connectivity index (χ0v) is 10.9. The number of nitrogens with two attached hydrogens (primary N) is 2. The van der Waals surface area contributed by atoms with Crippen molar-refractivity contribution in [1.82, 2.24) is 5.32 Å². The first-order chi connectivity index (χ1) is 9.04. The molecule has 0 aliphatic rings. The topological polar surface area (TPSA) is 114 Å². The van der Waals surface area contributed by atoms with Crippen molar-refractivity contribution in [2.24, 2.45) is 16.6 Å². The van der Waals surface area contributed by atoms with Crippen LogP contribution in [0.15, 0.2) is 35.5 Å². The van der Waals surface area contributed by atoms with Gasteiger partial charge in [0.1, 0.15) is 5.84 Å². The number of nitrogens with one attached hydrogen (secondary N) is 1. The van der Waals surface area contributed by atoms with Crippen LogP contribution in [0, 0.1) is 0 Å². The molecule has 1 aromatic rings. The fourth-order valence-corrected chi connectivity index (χ4v) is 1.84. The van der Waals surface area contributed by atoms with E-state index in [2.05, 4.69) is 10.5 Å². The van der Waals surface area contributed by atoms with Crippen LogP contribution in [-0.2, 0) is 4.79 Å². The molecule has 0 aliphatic carbocycles. The minimum Gasteiger partial charge on any atom is -0.409 e. The van der Waals surface area contributed by atoms with Crippen LogP contribution in [0.25, 0.3) is 0 Å². The zero-order valence-electron chi connectivity index (χ0n) is 10.9. The Kier molecular flexibility index (Phi) is 5.81. The highest BCUT2D eigenvalue weighted by Gasteiger charge is 2.17. The minimum absolute atomic E-state index is 0.0600. The maximum absolute atomic E-state index is 10.8. The van der Waals surface area contributed by atoms with Crippen LogP contribution < -0.4 is 16.8 Å². The molecule has 2 atom stereocenters. The molecule has 104 valence electrons. The molecule has 1 rings (SSSR count). The Morgan fingerprint density at radius 1 is 1.37 bits per heavy atom. The largest absolute Gasteiger partial charge is 0.409 e. The lowest BCUT2D eigenvalue weighted by molar-refractivity contribution is -0.118. The maximum Gasteiger partial charge on any atom is 0.218 e. The third kappa shape index (κ3) is 4.97. The Morgan fingerprint density at radius 3 is 2.53 bits per heavy atom. The molecule has 0 spiro atoms. The average Bonchev–Trinajstić information content (AvgIpc) is 2.39. The van der Waals surface area contributed by atoms with E-state index in [4.69, 9.17) is 16.7 Å². The summed E-state index contributed by atoms with van der Waals surface area (Å²) in [5, 5.41) is 15.1. The highest BCUT2D eigenvalue weighted by molar-refractivity contribution is 5.87. The van der Waals surface area contributed by atoms with Crippen LogP contribution in [0.2, 0.25) is 0 Å². The van der Waals surface area contributed by atoms with E-state index >= 15 is 0 Å². The molecule has 6 N–H and O–H groups in total. The first kappa shape index (κ1) is 15.0. The monoisotopic (exact) mass is 264 g/mol. The molecule has 19 heavy (non-hydrogen) atoms. The highest BCUT2D eigenvalue weighted by Crippen LogP contribution is 2.15. The van der Waals surface area contributed by atoms with Crippen LogP contribution in [0.4, 0.5) is 0 Å². The second-order valence-corrected chi connectivity index (χ2v) is 4.47. The minimum atomic E-state index is -0.361. The van der Waals surface area contributed by atoms with E-state index in [1.54, 1.807) is 0 Å². The normalized spacial score (nSPS) is 14.9. The number of rotatable bonds is 7. The summed E-state index contributed by atoms with van der Waals surface area (Å²) in [6.45, 7) is 2.33. The molecule has 6 heteroatoms. The summed E-state index contributed by atoms with van der Waals surface area (Å²) in [5.41, 5.74) is 11.8. The van der Waals surface area contributed by atoms with Gasteiger partial charge in [-0.1, -0.05) is 35.5 Å². The summed E-state index contributed by atoms with van der Waals surface area (Å²) in [6, 6.07) is 9.43. The van der Waals surface area contributed by atoms with E-state index in [1.165, 1.54) is 0 Å².